The highest BCUT2D eigenvalue weighted by Crippen LogP contribution is 1.95. The van der Waals surface area contributed by atoms with E-state index in [1.54, 1.807) is 0 Å². The smallest absolute Gasteiger partial charge is 0.0536 e. The Labute approximate surface area is 70.0 Å². The van der Waals surface area contributed by atoms with Crippen LogP contribution in [-0.4, -0.2) is 0 Å². The van der Waals surface area contributed by atoms with E-state index in [4.69, 9.17) is 0 Å². The molecule has 0 aliphatic carbocycles. The van der Waals surface area contributed by atoms with Gasteiger partial charge < -0.3 is 0 Å². The maximum Gasteiger partial charge on any atom is -0.0536 e. The molecule has 0 unspecified atom stereocenters. The van der Waals surface area contributed by atoms with E-state index < -0.39 is 0 Å². The molecule has 0 aliphatic rings. The molecule has 0 N–H and O–H groups in total. The highest BCUT2D eigenvalue weighted by atomic mass is 13.8. The molecule has 0 saturated carbocycles. The van der Waals surface area contributed by atoms with Crippen LogP contribution in [0.2, 0.25) is 0 Å². The molecule has 10 heavy (non-hydrogen) atoms. The van der Waals surface area contributed by atoms with Crippen LogP contribution < -0.4 is 0 Å². The fourth-order valence-corrected chi connectivity index (χ4v) is 0.500. The molecule has 0 spiro atoms. The molecule has 0 aliphatic heterocycles. The topological polar surface area (TPSA) is 0 Å². The Balaban J connectivity index is -0.0000000208. The van der Waals surface area contributed by atoms with Gasteiger partial charge in [-0.1, -0.05) is 69.2 Å². The van der Waals surface area contributed by atoms with Crippen molar-refractivity contribution < 1.29 is 0 Å². The molecule has 0 aromatic heterocycles. The van der Waals surface area contributed by atoms with Crippen LogP contribution in [0.3, 0.4) is 0 Å². The molecule has 0 saturated heterocycles. The van der Waals surface area contributed by atoms with Crippen molar-refractivity contribution in [1.82, 2.24) is 0 Å². The summed E-state index contributed by atoms with van der Waals surface area (Å²) in [7, 11) is 0. The predicted molar refractivity (Wildman–Crippen MR) is 56.7 cm³/mol. The van der Waals surface area contributed by atoms with Crippen LogP contribution in [0, 0.1) is 0 Å². The second kappa shape index (κ2) is 36.0. The Hall–Kier alpha value is 0. The van der Waals surface area contributed by atoms with Crippen molar-refractivity contribution in [3.05, 3.63) is 0 Å². The maximum absolute atomic E-state index is 2.23. The van der Waals surface area contributed by atoms with Crippen molar-refractivity contribution in [2.75, 3.05) is 0 Å². The summed E-state index contributed by atoms with van der Waals surface area (Å²) in [6.07, 6.45) is 5.54. The highest BCUT2D eigenvalue weighted by Gasteiger charge is 1.75. The molecule has 0 amide bonds. The quantitative estimate of drug-likeness (QED) is 0.489. The van der Waals surface area contributed by atoms with Gasteiger partial charge in [0.15, 0.2) is 0 Å². The Morgan fingerprint density at radius 2 is 0.800 bits per heavy atom. The lowest BCUT2D eigenvalue weighted by Crippen LogP contribution is -1.66. The van der Waals surface area contributed by atoms with Gasteiger partial charge in [-0.2, -0.15) is 0 Å². The Bertz CT molecular complexity index is 12.0. The van der Waals surface area contributed by atoms with Gasteiger partial charge in [-0.05, 0) is 0 Å². The lowest BCUT2D eigenvalue weighted by Gasteiger charge is -1.86. The number of hydrogen-bond donors (Lipinski definition) is 0. The molecular formula is C10H30. The van der Waals surface area contributed by atoms with Crippen molar-refractivity contribution in [2.24, 2.45) is 0 Å². The normalized spacial score (nSPS) is 5.40. The van der Waals surface area contributed by atoms with Crippen LogP contribution in [0.5, 0.6) is 0 Å². The van der Waals surface area contributed by atoms with Gasteiger partial charge in [-0.3, -0.25) is 0 Å². The van der Waals surface area contributed by atoms with E-state index in [0.29, 0.717) is 0 Å². The first-order valence-electron chi connectivity index (χ1n) is 2.91. The van der Waals surface area contributed by atoms with E-state index in [9.17, 15) is 0 Å². The maximum atomic E-state index is 2.23. The first-order valence-corrected chi connectivity index (χ1v) is 2.91. The summed E-state index contributed by atoms with van der Waals surface area (Å²) in [5.74, 6) is 0. The third kappa shape index (κ3) is 43.6. The second-order valence-electron chi connectivity index (χ2n) is 1.71. The molecule has 0 heteroatoms. The highest BCUT2D eigenvalue weighted by molar-refractivity contribution is 4.31. The lowest BCUT2D eigenvalue weighted by atomic mass is 10.2. The minimum Gasteiger partial charge on any atom is -0.0776 e. The first kappa shape index (κ1) is 32.4. The Kier molecular flexibility index (Phi) is 117. The molecular weight excluding hydrogens is 120 g/mol. The summed E-state index contributed by atoms with van der Waals surface area (Å²) in [5.41, 5.74) is 0. The summed E-state index contributed by atoms with van der Waals surface area (Å²) in [4.78, 5) is 0. The molecule has 0 atom stereocenters. The summed E-state index contributed by atoms with van der Waals surface area (Å²) in [6, 6.07) is 0. The first-order chi connectivity index (χ1) is 2.91. The molecule has 0 aromatic carbocycles. The van der Waals surface area contributed by atoms with Crippen LogP contribution >= 0.6 is 0 Å². The average molecular weight is 150 g/mol. The zero-order valence-electron chi connectivity index (χ0n) is 4.83. The van der Waals surface area contributed by atoms with Crippen LogP contribution in [-0.2, 0) is 0 Å². The van der Waals surface area contributed by atoms with E-state index in [2.05, 4.69) is 13.8 Å². The summed E-state index contributed by atoms with van der Waals surface area (Å²) >= 11 is 0. The van der Waals surface area contributed by atoms with Gasteiger partial charge >= 0.3 is 0 Å². The zero-order valence-corrected chi connectivity index (χ0v) is 4.83. The van der Waals surface area contributed by atoms with Gasteiger partial charge in [-0.15, -0.1) is 0 Å². The monoisotopic (exact) mass is 150 g/mol. The molecule has 70 valence electrons. The Morgan fingerprint density at radius 1 is 0.600 bits per heavy atom. The lowest BCUT2D eigenvalue weighted by molar-refractivity contribution is 0.702. The van der Waals surface area contributed by atoms with Crippen LogP contribution in [0.1, 0.15) is 69.2 Å². The standard InChI is InChI=1S/C6H14.4CH4/c1-3-5-6-4-2;;;;/h3-6H2,1-2H3;4*1H4. The van der Waals surface area contributed by atoms with Gasteiger partial charge in [0.25, 0.3) is 0 Å². The molecule has 0 bridgehead atoms. The van der Waals surface area contributed by atoms with Crippen LogP contribution in [0.4, 0.5) is 0 Å². The third-order valence-corrected chi connectivity index (χ3v) is 0.957. The van der Waals surface area contributed by atoms with Crippen molar-refractivity contribution >= 4 is 0 Å². The van der Waals surface area contributed by atoms with Crippen LogP contribution in [0.25, 0.3) is 0 Å². The van der Waals surface area contributed by atoms with E-state index in [-0.39, 0.29) is 29.7 Å². The van der Waals surface area contributed by atoms with Crippen LogP contribution in [0.15, 0.2) is 0 Å². The van der Waals surface area contributed by atoms with Gasteiger partial charge in [0.1, 0.15) is 0 Å². The number of hydrogen-bond acceptors (Lipinski definition) is 0. The zero-order chi connectivity index (χ0) is 4.83. The molecule has 0 aromatic rings. The van der Waals surface area contributed by atoms with Crippen molar-refractivity contribution in [1.29, 1.82) is 0 Å². The molecule has 0 radical (unpaired) electrons. The van der Waals surface area contributed by atoms with Gasteiger partial charge in [-0.25, -0.2) is 0 Å². The summed E-state index contributed by atoms with van der Waals surface area (Å²) in [5, 5.41) is 0. The summed E-state index contributed by atoms with van der Waals surface area (Å²) in [6.45, 7) is 4.46. The largest absolute Gasteiger partial charge is 0.0776 e. The molecule has 0 heterocycles. The summed E-state index contributed by atoms with van der Waals surface area (Å²) < 4.78 is 0. The molecule has 0 nitrogen and oxygen atoms in total. The fourth-order valence-electron chi connectivity index (χ4n) is 0.500. The number of rotatable bonds is 3. The van der Waals surface area contributed by atoms with Gasteiger partial charge in [0, 0.05) is 0 Å². The van der Waals surface area contributed by atoms with Crippen molar-refractivity contribution in [3.63, 3.8) is 0 Å². The Morgan fingerprint density at radius 3 is 0.900 bits per heavy atom. The minimum absolute atomic E-state index is 0. The van der Waals surface area contributed by atoms with Gasteiger partial charge in [0.2, 0.25) is 0 Å². The minimum atomic E-state index is 0. The van der Waals surface area contributed by atoms with E-state index in [0.717, 1.165) is 0 Å². The van der Waals surface area contributed by atoms with Gasteiger partial charge in [0.05, 0.1) is 0 Å². The van der Waals surface area contributed by atoms with Crippen molar-refractivity contribution in [2.45, 2.75) is 69.2 Å². The van der Waals surface area contributed by atoms with Crippen molar-refractivity contribution in [3.8, 4) is 0 Å². The second-order valence-corrected chi connectivity index (χ2v) is 1.71. The molecule has 0 rings (SSSR count). The average Bonchev–Trinajstić information content (AvgIpc) is 1.61. The molecule has 0 fully saturated rings. The predicted octanol–water partition coefficient (Wildman–Crippen LogP) is 5.13. The van der Waals surface area contributed by atoms with E-state index in [1.165, 1.54) is 25.7 Å². The number of unbranched alkanes of at least 4 members (excludes halogenated alkanes) is 3. The van der Waals surface area contributed by atoms with E-state index >= 15 is 0 Å². The fraction of sp³-hybridized carbons (Fsp3) is 1.00. The van der Waals surface area contributed by atoms with E-state index in [1.807, 2.05) is 0 Å². The SMILES string of the molecule is C.C.C.C.CCCCCC. The third-order valence-electron chi connectivity index (χ3n) is 0.957.